The van der Waals surface area contributed by atoms with E-state index in [2.05, 4.69) is 35.1 Å². The van der Waals surface area contributed by atoms with Gasteiger partial charge in [0.15, 0.2) is 0 Å². The van der Waals surface area contributed by atoms with Gasteiger partial charge in [0.05, 0.1) is 0 Å². The van der Waals surface area contributed by atoms with Crippen molar-refractivity contribution in [3.8, 4) is 11.1 Å². The molecule has 182 valence electrons. The molecule has 0 radical (unpaired) electrons. The molecule has 2 N–H and O–H groups in total. The largest absolute Gasteiger partial charge is 0.309 e. The van der Waals surface area contributed by atoms with Crippen LogP contribution >= 0.6 is 11.9 Å². The predicted molar refractivity (Wildman–Crippen MR) is 138 cm³/mol. The lowest BCUT2D eigenvalue weighted by Gasteiger charge is -2.30. The summed E-state index contributed by atoms with van der Waals surface area (Å²) in [7, 11) is 2.21. The van der Waals surface area contributed by atoms with Crippen LogP contribution in [0.25, 0.3) is 11.1 Å². The lowest BCUT2D eigenvalue weighted by atomic mass is 9.98. The number of carbonyl (C=O) groups excluding carboxylic acids is 1. The highest BCUT2D eigenvalue weighted by Crippen LogP contribution is 2.37. The first-order valence-electron chi connectivity index (χ1n) is 11.4. The lowest BCUT2D eigenvalue weighted by molar-refractivity contribution is -0.119. The highest BCUT2D eigenvalue weighted by atomic mass is 32.2. The van der Waals surface area contributed by atoms with Crippen molar-refractivity contribution in [3.63, 3.8) is 0 Å². The summed E-state index contributed by atoms with van der Waals surface area (Å²) < 4.78 is 31.6. The first-order chi connectivity index (χ1) is 16.2. The standard InChI is InChI=1S/C20H19F2NOS.C7H14N2/c1-4-15(3)25-23-19(13-24)20(21,22)18-11-9-17(10-12-18)16-7-5-14(2)6-8-16;1-9-5-4-8-7(6-9)2-3-7/h4-13,19,23H,1,3H2,2H3;8H,2-6H2,1H3. The number of likely N-dealkylation sites (N-methyl/N-ethyl adjacent to an activating group) is 1. The van der Waals surface area contributed by atoms with Crippen molar-refractivity contribution < 1.29 is 13.6 Å². The third kappa shape index (κ3) is 6.85. The van der Waals surface area contributed by atoms with E-state index >= 15 is 0 Å². The van der Waals surface area contributed by atoms with E-state index in [1.165, 1.54) is 50.7 Å². The number of aldehydes is 1. The zero-order chi connectivity index (χ0) is 24.8. The van der Waals surface area contributed by atoms with Crippen molar-refractivity contribution >= 4 is 18.2 Å². The van der Waals surface area contributed by atoms with Crippen LogP contribution in [0.2, 0.25) is 0 Å². The molecule has 1 saturated heterocycles. The third-order valence-electron chi connectivity index (χ3n) is 6.15. The Morgan fingerprint density at radius 1 is 1.18 bits per heavy atom. The molecule has 0 aromatic heterocycles. The summed E-state index contributed by atoms with van der Waals surface area (Å²) in [5.41, 5.74) is 3.27. The van der Waals surface area contributed by atoms with Crippen LogP contribution in [0.15, 0.2) is 72.7 Å². The van der Waals surface area contributed by atoms with Crippen LogP contribution in [0.3, 0.4) is 0 Å². The van der Waals surface area contributed by atoms with E-state index in [-0.39, 0.29) is 11.8 Å². The fourth-order valence-electron chi connectivity index (χ4n) is 3.83. The number of hydrogen-bond donors (Lipinski definition) is 2. The molecule has 1 aliphatic carbocycles. The number of alkyl halides is 2. The number of allylic oxidation sites excluding steroid dienone is 1. The van der Waals surface area contributed by atoms with Crippen LogP contribution < -0.4 is 10.0 Å². The smallest absolute Gasteiger partial charge is 0.295 e. The maximum absolute atomic E-state index is 14.6. The number of hydrogen-bond acceptors (Lipinski definition) is 5. The average Bonchev–Trinajstić information content (AvgIpc) is 3.57. The van der Waals surface area contributed by atoms with Gasteiger partial charge < -0.3 is 15.0 Å². The van der Waals surface area contributed by atoms with E-state index in [1.807, 2.05) is 31.2 Å². The van der Waals surface area contributed by atoms with Gasteiger partial charge in [-0.3, -0.25) is 0 Å². The van der Waals surface area contributed by atoms with Crippen LogP contribution in [0.1, 0.15) is 24.0 Å². The number of piperazine rings is 1. The van der Waals surface area contributed by atoms with Gasteiger partial charge in [-0.25, -0.2) is 4.72 Å². The summed E-state index contributed by atoms with van der Waals surface area (Å²) in [4.78, 5) is 14.0. The quantitative estimate of drug-likeness (QED) is 0.301. The molecule has 0 amide bonds. The fourth-order valence-corrected chi connectivity index (χ4v) is 4.39. The molecular formula is C27H33F2N3OS. The molecule has 2 aliphatic rings. The number of rotatable bonds is 8. The molecule has 1 aliphatic heterocycles. The van der Waals surface area contributed by atoms with E-state index in [0.29, 0.717) is 10.4 Å². The van der Waals surface area contributed by atoms with Gasteiger partial charge in [-0.1, -0.05) is 73.3 Å². The fraction of sp³-hybridized carbons (Fsp3) is 0.370. The van der Waals surface area contributed by atoms with Crippen molar-refractivity contribution in [2.45, 2.75) is 37.3 Å². The van der Waals surface area contributed by atoms with Crippen LogP contribution in [0, 0.1) is 6.92 Å². The Morgan fingerprint density at radius 2 is 1.76 bits per heavy atom. The molecule has 1 saturated carbocycles. The normalized spacial score (nSPS) is 17.9. The molecule has 1 heterocycles. The molecule has 2 aromatic rings. The van der Waals surface area contributed by atoms with Gasteiger partial charge in [0.25, 0.3) is 5.92 Å². The topological polar surface area (TPSA) is 44.4 Å². The van der Waals surface area contributed by atoms with Crippen molar-refractivity contribution in [3.05, 3.63) is 83.8 Å². The minimum Gasteiger partial charge on any atom is -0.309 e. The summed E-state index contributed by atoms with van der Waals surface area (Å²) in [5, 5.41) is 3.56. The second-order valence-corrected chi connectivity index (χ2v) is 9.98. The number of aryl methyl sites for hydroxylation is 1. The predicted octanol–water partition coefficient (Wildman–Crippen LogP) is 5.31. The Kier molecular flexibility index (Phi) is 8.82. The number of benzene rings is 2. The summed E-state index contributed by atoms with van der Waals surface area (Å²) >= 11 is 0.858. The molecule has 34 heavy (non-hydrogen) atoms. The van der Waals surface area contributed by atoms with Gasteiger partial charge in [0.2, 0.25) is 0 Å². The molecule has 4 nitrogen and oxygen atoms in total. The van der Waals surface area contributed by atoms with E-state index < -0.39 is 12.0 Å². The SMILES string of the molecule is C=CC(=C)SNC(C=O)C(F)(F)c1ccc(-c2ccc(C)cc2)cc1.CN1CCNC2(CC2)C1. The molecular weight excluding hydrogens is 452 g/mol. The number of halogens is 2. The van der Waals surface area contributed by atoms with Crippen molar-refractivity contribution in [2.75, 3.05) is 26.7 Å². The molecule has 0 bridgehead atoms. The van der Waals surface area contributed by atoms with Gasteiger partial charge >= 0.3 is 0 Å². The van der Waals surface area contributed by atoms with E-state index in [4.69, 9.17) is 0 Å². The van der Waals surface area contributed by atoms with Gasteiger partial charge in [-0.05, 0) is 49.9 Å². The minimum absolute atomic E-state index is 0.206. The first kappa shape index (κ1) is 26.3. The number of nitrogens with zero attached hydrogens (tertiary/aromatic N) is 1. The molecule has 2 fully saturated rings. The molecule has 1 atom stereocenters. The van der Waals surface area contributed by atoms with Crippen molar-refractivity contribution in [1.29, 1.82) is 0 Å². The van der Waals surface area contributed by atoms with Gasteiger partial charge in [0, 0.05) is 35.6 Å². The van der Waals surface area contributed by atoms with E-state index in [9.17, 15) is 13.6 Å². The number of nitrogens with one attached hydrogen (secondary N) is 2. The van der Waals surface area contributed by atoms with Gasteiger partial charge in [0.1, 0.15) is 12.3 Å². The summed E-state index contributed by atoms with van der Waals surface area (Å²) in [5.74, 6) is -3.35. The van der Waals surface area contributed by atoms with E-state index in [1.54, 1.807) is 12.1 Å². The second-order valence-electron chi connectivity index (χ2n) is 9.02. The summed E-state index contributed by atoms with van der Waals surface area (Å²) in [6.07, 6.45) is 4.43. The Bertz CT molecular complexity index is 988. The third-order valence-corrected chi connectivity index (χ3v) is 6.95. The monoisotopic (exact) mass is 485 g/mol. The minimum atomic E-state index is -3.35. The van der Waals surface area contributed by atoms with E-state index in [0.717, 1.165) is 28.6 Å². The van der Waals surface area contributed by atoms with Crippen molar-refractivity contribution in [1.82, 2.24) is 14.9 Å². The van der Waals surface area contributed by atoms with Gasteiger partial charge in [-0.2, -0.15) is 8.78 Å². The Hall–Kier alpha value is -2.32. The average molecular weight is 486 g/mol. The number of carbonyl (C=O) groups is 1. The molecule has 2 aromatic carbocycles. The van der Waals surface area contributed by atoms with Gasteiger partial charge in [-0.15, -0.1) is 0 Å². The zero-order valence-electron chi connectivity index (χ0n) is 19.8. The first-order valence-corrected chi connectivity index (χ1v) is 12.2. The Labute approximate surface area is 205 Å². The second kappa shape index (κ2) is 11.4. The van der Waals surface area contributed by atoms with Crippen LogP contribution in [-0.2, 0) is 10.7 Å². The molecule has 4 rings (SSSR count). The highest BCUT2D eigenvalue weighted by molar-refractivity contribution is 8.01. The highest BCUT2D eigenvalue weighted by Gasteiger charge is 2.44. The van der Waals surface area contributed by atoms with Crippen molar-refractivity contribution in [2.24, 2.45) is 0 Å². The Balaban J connectivity index is 0.000000296. The molecule has 7 heteroatoms. The van der Waals surface area contributed by atoms with Crippen LogP contribution in [0.5, 0.6) is 0 Å². The van der Waals surface area contributed by atoms with Crippen LogP contribution in [0.4, 0.5) is 8.78 Å². The zero-order valence-corrected chi connectivity index (χ0v) is 20.6. The summed E-state index contributed by atoms with van der Waals surface area (Å²) in [6.45, 7) is 12.8. The maximum Gasteiger partial charge on any atom is 0.295 e. The Morgan fingerprint density at radius 3 is 2.24 bits per heavy atom. The lowest BCUT2D eigenvalue weighted by Crippen LogP contribution is -2.50. The molecule has 1 unspecified atom stereocenters. The summed E-state index contributed by atoms with van der Waals surface area (Å²) in [6, 6.07) is 12.1. The molecule has 1 spiro atoms. The van der Waals surface area contributed by atoms with Crippen LogP contribution in [-0.4, -0.2) is 49.4 Å². The maximum atomic E-state index is 14.6.